The van der Waals surface area contributed by atoms with Gasteiger partial charge in [0, 0.05) is 34.7 Å². The van der Waals surface area contributed by atoms with E-state index in [2.05, 4.69) is 236 Å². The highest BCUT2D eigenvalue weighted by Crippen LogP contribution is 2.54. The molecule has 0 bridgehead atoms. The fraction of sp³-hybridized carbons (Fsp3) is 0.397. The average Bonchev–Trinajstić information content (AvgIpc) is 3.63. The van der Waals surface area contributed by atoms with Crippen LogP contribution in [0.1, 0.15) is 163 Å². The number of rotatable bonds is 4. The minimum Gasteiger partial charge on any atom is -0.468 e. The number of hydrogen-bond donors (Lipinski definition) is 0. The Morgan fingerprint density at radius 2 is 1.13 bits per heavy atom. The Bertz CT molecular complexity index is 3080. The zero-order valence-electron chi connectivity index (χ0n) is 43.5. The summed E-state index contributed by atoms with van der Waals surface area (Å²) >= 11 is 0. The summed E-state index contributed by atoms with van der Waals surface area (Å²) in [6, 6.07) is 44.8. The molecule has 3 nitrogen and oxygen atoms in total. The maximum Gasteiger partial charge on any atom is 0.297 e. The predicted octanol–water partition coefficient (Wildman–Crippen LogP) is 15.6. The molecule has 2 aliphatic heterocycles. The largest absolute Gasteiger partial charge is 0.468 e. The van der Waals surface area contributed by atoms with Crippen LogP contribution in [0.4, 0.5) is 28.4 Å². The van der Waals surface area contributed by atoms with Crippen molar-refractivity contribution in [1.82, 2.24) is 0 Å². The lowest BCUT2D eigenvalue weighted by molar-refractivity contribution is 0.332. The first kappa shape index (κ1) is 45.3. The molecule has 0 unspecified atom stereocenters. The van der Waals surface area contributed by atoms with Crippen molar-refractivity contribution in [1.29, 1.82) is 0 Å². The van der Waals surface area contributed by atoms with Crippen LogP contribution in [0.5, 0.6) is 0 Å². The van der Waals surface area contributed by atoms with Gasteiger partial charge in [0.25, 0.3) is 6.71 Å². The van der Waals surface area contributed by atoms with Gasteiger partial charge in [-0.2, -0.15) is 0 Å². The second kappa shape index (κ2) is 15.0. The molecule has 7 aromatic rings. The molecule has 67 heavy (non-hydrogen) atoms. The van der Waals surface area contributed by atoms with E-state index in [9.17, 15) is 0 Å². The van der Waals surface area contributed by atoms with Gasteiger partial charge in [-0.15, -0.1) is 0 Å². The van der Waals surface area contributed by atoms with Crippen LogP contribution < -0.4 is 26.4 Å². The lowest BCUT2D eigenvalue weighted by Crippen LogP contribution is -2.62. The molecule has 1 aromatic heterocycles. The van der Waals surface area contributed by atoms with Crippen LogP contribution in [0.3, 0.4) is 0 Å². The zero-order chi connectivity index (χ0) is 48.0. The summed E-state index contributed by atoms with van der Waals surface area (Å²) < 4.78 is 7.44. The first-order chi connectivity index (χ1) is 31.2. The smallest absolute Gasteiger partial charge is 0.297 e. The molecule has 0 atom stereocenters. The molecule has 10 rings (SSSR count). The minimum atomic E-state index is -0.131. The Morgan fingerprint density at radius 3 is 1.78 bits per heavy atom. The number of furan rings is 1. The first-order valence-electron chi connectivity index (χ1n) is 25.0. The summed E-state index contributed by atoms with van der Waals surface area (Å²) in [5.74, 6) is 0. The van der Waals surface area contributed by atoms with Crippen LogP contribution >= 0.6 is 0 Å². The number of anilines is 5. The molecule has 1 aliphatic carbocycles. The molecule has 3 aliphatic rings. The molecule has 0 spiro atoms. The van der Waals surface area contributed by atoms with Crippen LogP contribution in [0, 0.1) is 0 Å². The summed E-state index contributed by atoms with van der Waals surface area (Å²) in [7, 11) is 0. The van der Waals surface area contributed by atoms with Crippen molar-refractivity contribution in [2.45, 2.75) is 163 Å². The van der Waals surface area contributed by atoms with Gasteiger partial charge in [-0.05, 0) is 143 Å². The van der Waals surface area contributed by atoms with E-state index < -0.39 is 0 Å². The Morgan fingerprint density at radius 1 is 0.552 bits per heavy atom. The molecule has 344 valence electrons. The Balaban J connectivity index is 1.34. The van der Waals surface area contributed by atoms with Crippen molar-refractivity contribution in [2.24, 2.45) is 0 Å². The van der Waals surface area contributed by atoms with Gasteiger partial charge in [0.2, 0.25) is 0 Å². The van der Waals surface area contributed by atoms with Crippen LogP contribution in [-0.2, 0) is 39.0 Å². The Hall–Kier alpha value is -5.48. The third-order valence-electron chi connectivity index (χ3n) is 15.8. The van der Waals surface area contributed by atoms with Gasteiger partial charge in [0.15, 0.2) is 0 Å². The van der Waals surface area contributed by atoms with E-state index >= 15 is 0 Å². The van der Waals surface area contributed by atoms with Gasteiger partial charge in [-0.1, -0.05) is 190 Å². The van der Waals surface area contributed by atoms with Gasteiger partial charge in [-0.25, -0.2) is 0 Å². The van der Waals surface area contributed by atoms with Crippen molar-refractivity contribution in [2.75, 3.05) is 9.80 Å². The third-order valence-corrected chi connectivity index (χ3v) is 15.8. The van der Waals surface area contributed by atoms with E-state index in [1.807, 2.05) is 0 Å². The van der Waals surface area contributed by atoms with Crippen molar-refractivity contribution in [3.8, 4) is 11.1 Å². The van der Waals surface area contributed by atoms with E-state index in [0.29, 0.717) is 0 Å². The number of nitrogens with zero attached hydrogens (tertiary/aromatic N) is 2. The maximum atomic E-state index is 7.44. The highest BCUT2D eigenvalue weighted by molar-refractivity contribution is 7.00. The molecular weight excluding hydrogens is 812 g/mol. The maximum absolute atomic E-state index is 7.44. The molecule has 0 amide bonds. The van der Waals surface area contributed by atoms with Gasteiger partial charge in [0.1, 0.15) is 5.58 Å². The van der Waals surface area contributed by atoms with Gasteiger partial charge in [0.05, 0.1) is 11.3 Å². The molecule has 0 saturated carbocycles. The molecular formula is C63H73BN2O. The van der Waals surface area contributed by atoms with E-state index in [1.165, 1.54) is 89.1 Å². The van der Waals surface area contributed by atoms with Crippen molar-refractivity contribution < 1.29 is 4.42 Å². The fourth-order valence-electron chi connectivity index (χ4n) is 11.5. The average molecular weight is 885 g/mol. The number of fused-ring (bicyclic) bond motifs is 8. The first-order valence-corrected chi connectivity index (χ1v) is 25.0. The van der Waals surface area contributed by atoms with Gasteiger partial charge >= 0.3 is 0 Å². The summed E-state index contributed by atoms with van der Waals surface area (Å²) in [5, 5.41) is 1.17. The molecule has 0 radical (unpaired) electrons. The molecule has 0 saturated heterocycles. The standard InChI is InChI=1S/C63H73BN2O/c1-58(2,3)41-24-27-45(28-25-41)66-51-37-44(61(10,11)12)36-50-54(51)64(57-55(66)47-35-43(60(7,8)9)26-31-52(47)67-57)49-30-29-48-53(63(15,16)33-32-62(48,13)14)56(49)65(50)38-40-22-23-42(59(4,5)6)34-46(40)39-20-18-17-19-21-39/h17-31,34-37H,32-33,38H2,1-16H3. The van der Waals surface area contributed by atoms with Crippen LogP contribution in [-0.4, -0.2) is 6.71 Å². The van der Waals surface area contributed by atoms with E-state index in [1.54, 1.807) is 0 Å². The van der Waals surface area contributed by atoms with Gasteiger partial charge in [-0.3, -0.25) is 0 Å². The third kappa shape index (κ3) is 7.48. The lowest BCUT2D eigenvalue weighted by atomic mass is 9.35. The van der Waals surface area contributed by atoms with E-state index in [0.717, 1.165) is 36.3 Å². The monoisotopic (exact) mass is 885 g/mol. The van der Waals surface area contributed by atoms with Crippen molar-refractivity contribution >= 4 is 62.7 Å². The second-order valence-corrected chi connectivity index (χ2v) is 25.8. The summed E-state index contributed by atoms with van der Waals surface area (Å²) in [4.78, 5) is 5.35. The summed E-state index contributed by atoms with van der Waals surface area (Å²) in [6.45, 7) is 38.6. The van der Waals surface area contributed by atoms with Crippen LogP contribution in [0.2, 0.25) is 0 Å². The predicted molar refractivity (Wildman–Crippen MR) is 290 cm³/mol. The SMILES string of the molecule is CC(C)(C)c1ccc(N2c3cc(C(C)(C)C)cc4c3B(c3ccc5c(c3N4Cc3ccc(C(C)(C)C)cc3-c3ccccc3)C(C)(C)CCC5(C)C)c3oc4ccc(C(C)(C)C)cc4c32)cc1. The summed E-state index contributed by atoms with van der Waals surface area (Å²) in [5.41, 5.74) is 22.9. The Kier molecular flexibility index (Phi) is 10.2. The quantitative estimate of drug-likeness (QED) is 0.164. The molecule has 0 fully saturated rings. The van der Waals surface area contributed by atoms with Crippen LogP contribution in [0.25, 0.3) is 22.1 Å². The minimum absolute atomic E-state index is 0.00821. The van der Waals surface area contributed by atoms with Crippen molar-refractivity contribution in [3.05, 3.63) is 154 Å². The molecule has 6 aromatic carbocycles. The second-order valence-electron chi connectivity index (χ2n) is 25.8. The highest BCUT2D eigenvalue weighted by Gasteiger charge is 2.50. The van der Waals surface area contributed by atoms with E-state index in [-0.39, 0.29) is 39.2 Å². The molecule has 3 heterocycles. The number of hydrogen-bond acceptors (Lipinski definition) is 3. The topological polar surface area (TPSA) is 19.6 Å². The lowest BCUT2D eigenvalue weighted by Gasteiger charge is -2.49. The van der Waals surface area contributed by atoms with Crippen LogP contribution in [0.15, 0.2) is 120 Å². The zero-order valence-corrected chi connectivity index (χ0v) is 43.5. The number of benzene rings is 6. The fourth-order valence-corrected chi connectivity index (χ4v) is 11.5. The normalized spacial score (nSPS) is 16.4. The van der Waals surface area contributed by atoms with Gasteiger partial charge < -0.3 is 14.2 Å². The molecule has 4 heteroatoms. The Labute approximate surface area is 403 Å². The highest BCUT2D eigenvalue weighted by atomic mass is 16.3. The summed E-state index contributed by atoms with van der Waals surface area (Å²) in [6.07, 6.45) is 2.28. The van der Waals surface area contributed by atoms with Crippen molar-refractivity contribution in [3.63, 3.8) is 0 Å². The van der Waals surface area contributed by atoms with E-state index in [4.69, 9.17) is 4.42 Å². The molecule has 0 N–H and O–H groups in total.